The molecule has 1 rings (SSSR count). The molecule has 0 aliphatic carbocycles. The van der Waals surface area contributed by atoms with Gasteiger partial charge >= 0.3 is 0 Å². The van der Waals surface area contributed by atoms with Gasteiger partial charge in [-0.1, -0.05) is 37.0 Å². The van der Waals surface area contributed by atoms with Crippen LogP contribution in [0.3, 0.4) is 0 Å². The van der Waals surface area contributed by atoms with Gasteiger partial charge in [-0.3, -0.25) is 9.59 Å². The normalized spacial score (nSPS) is 10.4. The Balaban J connectivity index is 2.99. The zero-order valence-electron chi connectivity index (χ0n) is 13.2. The lowest BCUT2D eigenvalue weighted by atomic mass is 10.2. The number of nitrogens with zero attached hydrogens (tertiary/aromatic N) is 2. The van der Waals surface area contributed by atoms with E-state index in [1.54, 1.807) is 23.1 Å². The van der Waals surface area contributed by atoms with Crippen LogP contribution in [0.4, 0.5) is 5.69 Å². The van der Waals surface area contributed by atoms with E-state index >= 15 is 0 Å². The minimum atomic E-state index is -0.245. The van der Waals surface area contributed by atoms with Crippen molar-refractivity contribution < 1.29 is 9.59 Å². The van der Waals surface area contributed by atoms with Gasteiger partial charge < -0.3 is 9.80 Å². The first kappa shape index (κ1) is 18.8. The van der Waals surface area contributed by atoms with Gasteiger partial charge in [0.15, 0.2) is 0 Å². The average molecular weight is 345 g/mol. The molecule has 0 radical (unpaired) electrons. The Kier molecular flexibility index (Phi) is 7.69. The molecule has 0 aliphatic heterocycles. The van der Waals surface area contributed by atoms with Crippen LogP contribution in [-0.2, 0) is 9.59 Å². The molecule has 0 heterocycles. The summed E-state index contributed by atoms with van der Waals surface area (Å²) in [6, 6.07) is 4.87. The molecule has 1 aromatic rings. The third-order valence-electron chi connectivity index (χ3n) is 3.21. The van der Waals surface area contributed by atoms with Gasteiger partial charge in [-0.25, -0.2) is 0 Å². The number of rotatable bonds is 7. The van der Waals surface area contributed by atoms with Crippen LogP contribution in [-0.4, -0.2) is 36.3 Å². The van der Waals surface area contributed by atoms with Crippen LogP contribution in [0.2, 0.25) is 10.0 Å². The molecule has 0 aliphatic rings. The van der Waals surface area contributed by atoms with E-state index in [0.717, 1.165) is 12.8 Å². The molecule has 22 heavy (non-hydrogen) atoms. The van der Waals surface area contributed by atoms with E-state index in [-0.39, 0.29) is 18.4 Å². The van der Waals surface area contributed by atoms with Crippen molar-refractivity contribution in [1.82, 2.24) is 4.90 Å². The van der Waals surface area contributed by atoms with Crippen LogP contribution in [0, 0.1) is 0 Å². The summed E-state index contributed by atoms with van der Waals surface area (Å²) in [5.74, 6) is -0.333. The fourth-order valence-electron chi connectivity index (χ4n) is 2.20. The summed E-state index contributed by atoms with van der Waals surface area (Å²) in [7, 11) is 0. The van der Waals surface area contributed by atoms with Crippen molar-refractivity contribution in [1.29, 1.82) is 0 Å². The van der Waals surface area contributed by atoms with Gasteiger partial charge in [-0.05, 0) is 31.0 Å². The maximum atomic E-state index is 12.5. The van der Waals surface area contributed by atoms with Gasteiger partial charge in [0.25, 0.3) is 0 Å². The number of benzene rings is 1. The van der Waals surface area contributed by atoms with Gasteiger partial charge in [-0.2, -0.15) is 0 Å². The quantitative estimate of drug-likeness (QED) is 0.750. The molecule has 1 aromatic carbocycles. The molecule has 0 bridgehead atoms. The van der Waals surface area contributed by atoms with Crippen molar-refractivity contribution in [3.63, 3.8) is 0 Å². The van der Waals surface area contributed by atoms with E-state index in [4.69, 9.17) is 23.2 Å². The lowest BCUT2D eigenvalue weighted by molar-refractivity contribution is -0.131. The van der Waals surface area contributed by atoms with Gasteiger partial charge in [0.05, 0.1) is 10.7 Å². The summed E-state index contributed by atoms with van der Waals surface area (Å²) in [5, 5.41) is 0.863. The predicted octanol–water partition coefficient (Wildman–Crippen LogP) is 3.99. The highest BCUT2D eigenvalue weighted by Crippen LogP contribution is 2.29. The first-order chi connectivity index (χ1) is 10.4. The van der Waals surface area contributed by atoms with Crippen LogP contribution in [0.15, 0.2) is 18.2 Å². The van der Waals surface area contributed by atoms with Crippen LogP contribution < -0.4 is 4.90 Å². The van der Waals surface area contributed by atoms with E-state index in [1.807, 2.05) is 13.8 Å². The molecule has 0 saturated carbocycles. The lowest BCUT2D eigenvalue weighted by Gasteiger charge is -2.27. The predicted molar refractivity (Wildman–Crippen MR) is 91.7 cm³/mol. The molecule has 6 heteroatoms. The van der Waals surface area contributed by atoms with E-state index in [2.05, 4.69) is 0 Å². The monoisotopic (exact) mass is 344 g/mol. The number of hydrogen-bond donors (Lipinski definition) is 0. The molecule has 0 fully saturated rings. The highest BCUT2D eigenvalue weighted by molar-refractivity contribution is 6.35. The Morgan fingerprint density at radius 3 is 2.18 bits per heavy atom. The second-order valence-electron chi connectivity index (χ2n) is 5.08. The molecule has 2 amide bonds. The standard InChI is InChI=1S/C16H22Cl2N2O2/c1-4-8-19(9-5-2)16(22)11-20(12(3)21)15-10-13(17)6-7-14(15)18/h6-7,10H,4-5,8-9,11H2,1-3H3. The third kappa shape index (κ3) is 5.18. The second-order valence-corrected chi connectivity index (χ2v) is 5.93. The molecule has 0 N–H and O–H groups in total. The van der Waals surface area contributed by atoms with Crippen LogP contribution in [0.1, 0.15) is 33.6 Å². The minimum Gasteiger partial charge on any atom is -0.341 e. The van der Waals surface area contributed by atoms with Gasteiger partial charge in [0.2, 0.25) is 11.8 Å². The van der Waals surface area contributed by atoms with Crippen molar-refractivity contribution in [2.75, 3.05) is 24.5 Å². The molecule has 0 atom stereocenters. The maximum absolute atomic E-state index is 12.5. The highest BCUT2D eigenvalue weighted by atomic mass is 35.5. The minimum absolute atomic E-state index is 0.0323. The lowest BCUT2D eigenvalue weighted by Crippen LogP contribution is -2.43. The summed E-state index contributed by atoms with van der Waals surface area (Å²) in [5.41, 5.74) is 0.461. The first-order valence-corrected chi connectivity index (χ1v) is 8.17. The van der Waals surface area contributed by atoms with E-state index in [9.17, 15) is 9.59 Å². The number of hydrogen-bond acceptors (Lipinski definition) is 2. The SMILES string of the molecule is CCCN(CCC)C(=O)CN(C(C)=O)c1cc(Cl)ccc1Cl. The highest BCUT2D eigenvalue weighted by Gasteiger charge is 2.21. The molecule has 0 aromatic heterocycles. The summed E-state index contributed by atoms with van der Waals surface area (Å²) in [6.45, 7) is 6.78. The van der Waals surface area contributed by atoms with Crippen LogP contribution in [0.5, 0.6) is 0 Å². The number of carbonyl (C=O) groups excluding carboxylic acids is 2. The fraction of sp³-hybridized carbons (Fsp3) is 0.500. The molecule has 0 unspecified atom stereocenters. The number of anilines is 1. The van der Waals surface area contributed by atoms with Crippen molar-refractivity contribution in [2.24, 2.45) is 0 Å². The Morgan fingerprint density at radius 1 is 1.09 bits per heavy atom. The first-order valence-electron chi connectivity index (χ1n) is 7.41. The molecule has 122 valence electrons. The van der Waals surface area contributed by atoms with Crippen molar-refractivity contribution in [3.05, 3.63) is 28.2 Å². The Labute approximate surface area is 142 Å². The van der Waals surface area contributed by atoms with E-state index in [0.29, 0.717) is 28.8 Å². The van der Waals surface area contributed by atoms with Crippen LogP contribution >= 0.6 is 23.2 Å². The summed E-state index contributed by atoms with van der Waals surface area (Å²) in [4.78, 5) is 27.5. The largest absolute Gasteiger partial charge is 0.341 e. The summed E-state index contributed by atoms with van der Waals surface area (Å²) < 4.78 is 0. The van der Waals surface area contributed by atoms with Gasteiger partial charge in [0.1, 0.15) is 6.54 Å². The van der Waals surface area contributed by atoms with Crippen molar-refractivity contribution in [2.45, 2.75) is 33.6 Å². The van der Waals surface area contributed by atoms with Crippen molar-refractivity contribution in [3.8, 4) is 0 Å². The molecule has 0 saturated heterocycles. The molecular weight excluding hydrogens is 323 g/mol. The van der Waals surface area contributed by atoms with E-state index in [1.165, 1.54) is 11.8 Å². The Bertz CT molecular complexity index is 529. The maximum Gasteiger partial charge on any atom is 0.242 e. The summed E-state index contributed by atoms with van der Waals surface area (Å²) in [6.07, 6.45) is 1.76. The molecule has 0 spiro atoms. The van der Waals surface area contributed by atoms with Gasteiger partial charge in [0, 0.05) is 25.0 Å². The molecule has 4 nitrogen and oxygen atoms in total. The van der Waals surface area contributed by atoms with Crippen LogP contribution in [0.25, 0.3) is 0 Å². The number of carbonyl (C=O) groups is 2. The summed E-state index contributed by atoms with van der Waals surface area (Å²) >= 11 is 12.1. The zero-order chi connectivity index (χ0) is 16.7. The Hall–Kier alpha value is -1.26. The fourth-order valence-corrected chi connectivity index (χ4v) is 2.58. The van der Waals surface area contributed by atoms with Gasteiger partial charge in [-0.15, -0.1) is 0 Å². The molecular formula is C16H22Cl2N2O2. The topological polar surface area (TPSA) is 40.6 Å². The number of amides is 2. The zero-order valence-corrected chi connectivity index (χ0v) is 14.7. The van der Waals surface area contributed by atoms with E-state index < -0.39 is 0 Å². The van der Waals surface area contributed by atoms with Crippen molar-refractivity contribution >= 4 is 40.7 Å². The average Bonchev–Trinajstić information content (AvgIpc) is 2.46. The Morgan fingerprint density at radius 2 is 1.68 bits per heavy atom. The third-order valence-corrected chi connectivity index (χ3v) is 3.77. The number of halogens is 2. The smallest absolute Gasteiger partial charge is 0.242 e. The second kappa shape index (κ2) is 9.01.